The van der Waals surface area contributed by atoms with Crippen molar-refractivity contribution >= 4 is 5.95 Å². The number of aromatic nitrogens is 2. The van der Waals surface area contributed by atoms with Gasteiger partial charge in [0.15, 0.2) is 11.5 Å². The highest BCUT2D eigenvalue weighted by molar-refractivity contribution is 5.42. The van der Waals surface area contributed by atoms with Crippen LogP contribution in [0.25, 0.3) is 0 Å². The third-order valence-corrected chi connectivity index (χ3v) is 4.68. The van der Waals surface area contributed by atoms with E-state index in [1.54, 1.807) is 14.2 Å². The summed E-state index contributed by atoms with van der Waals surface area (Å²) in [6.45, 7) is 3.28. The maximum absolute atomic E-state index is 5.85. The second-order valence-electron chi connectivity index (χ2n) is 6.66. The predicted molar refractivity (Wildman–Crippen MR) is 104 cm³/mol. The number of rotatable bonds is 9. The summed E-state index contributed by atoms with van der Waals surface area (Å²) in [7, 11) is 5.12. The zero-order chi connectivity index (χ0) is 19.1. The highest BCUT2D eigenvalue weighted by Gasteiger charge is 2.20. The molecule has 0 saturated carbocycles. The number of benzene rings is 1. The number of anilines is 1. The highest BCUT2D eigenvalue weighted by atomic mass is 16.5. The van der Waals surface area contributed by atoms with Crippen molar-refractivity contribution in [3.05, 3.63) is 41.7 Å². The van der Waals surface area contributed by atoms with Crippen LogP contribution < -0.4 is 14.8 Å². The minimum absolute atomic E-state index is 0.280. The summed E-state index contributed by atoms with van der Waals surface area (Å²) < 4.78 is 16.6. The van der Waals surface area contributed by atoms with Gasteiger partial charge in [-0.3, -0.25) is 4.90 Å². The molecular weight excluding hydrogens is 344 g/mol. The summed E-state index contributed by atoms with van der Waals surface area (Å²) in [5.74, 6) is 2.11. The van der Waals surface area contributed by atoms with Crippen molar-refractivity contribution in [1.82, 2.24) is 14.9 Å². The molecule has 7 nitrogen and oxygen atoms in total. The largest absolute Gasteiger partial charge is 0.493 e. The van der Waals surface area contributed by atoms with Crippen LogP contribution in [0.2, 0.25) is 0 Å². The van der Waals surface area contributed by atoms with E-state index in [1.165, 1.54) is 5.56 Å². The number of hydrogen-bond donors (Lipinski definition) is 1. The zero-order valence-corrected chi connectivity index (χ0v) is 16.3. The van der Waals surface area contributed by atoms with Gasteiger partial charge in [-0.2, -0.15) is 0 Å². The molecule has 1 aliphatic rings. The van der Waals surface area contributed by atoms with Gasteiger partial charge in [0.1, 0.15) is 0 Å². The van der Waals surface area contributed by atoms with Crippen LogP contribution in [0.15, 0.2) is 30.6 Å². The fourth-order valence-corrected chi connectivity index (χ4v) is 3.32. The average molecular weight is 372 g/mol. The van der Waals surface area contributed by atoms with Crippen molar-refractivity contribution in [2.24, 2.45) is 0 Å². The van der Waals surface area contributed by atoms with E-state index in [0.717, 1.165) is 56.1 Å². The van der Waals surface area contributed by atoms with Crippen molar-refractivity contribution in [3.63, 3.8) is 0 Å². The molecule has 1 aromatic heterocycles. The molecule has 0 unspecified atom stereocenters. The van der Waals surface area contributed by atoms with Gasteiger partial charge in [0.2, 0.25) is 5.95 Å². The third kappa shape index (κ3) is 5.30. The fraction of sp³-hybridized carbons (Fsp3) is 0.500. The molecule has 1 aromatic carbocycles. The van der Waals surface area contributed by atoms with Gasteiger partial charge >= 0.3 is 0 Å². The van der Waals surface area contributed by atoms with Crippen LogP contribution in [0.5, 0.6) is 11.5 Å². The first-order valence-corrected chi connectivity index (χ1v) is 9.25. The fourth-order valence-electron chi connectivity index (χ4n) is 3.32. The molecule has 0 spiro atoms. The summed E-state index contributed by atoms with van der Waals surface area (Å²) >= 11 is 0. The molecule has 0 amide bonds. The van der Waals surface area contributed by atoms with E-state index >= 15 is 0 Å². The highest BCUT2D eigenvalue weighted by Crippen LogP contribution is 2.28. The van der Waals surface area contributed by atoms with Crippen LogP contribution in [0.4, 0.5) is 5.95 Å². The molecule has 0 bridgehead atoms. The Labute approximate surface area is 160 Å². The summed E-state index contributed by atoms with van der Waals surface area (Å²) in [5.41, 5.74) is 2.24. The Morgan fingerprint density at radius 1 is 1.11 bits per heavy atom. The summed E-state index contributed by atoms with van der Waals surface area (Å²) in [6, 6.07) is 6.05. The summed E-state index contributed by atoms with van der Waals surface area (Å²) in [5, 5.41) is 2.95. The smallest absolute Gasteiger partial charge is 0.222 e. The van der Waals surface area contributed by atoms with E-state index in [1.807, 2.05) is 31.6 Å². The first-order chi connectivity index (χ1) is 13.2. The molecule has 0 aliphatic carbocycles. The van der Waals surface area contributed by atoms with Crippen molar-refractivity contribution in [2.75, 3.05) is 39.7 Å². The predicted octanol–water partition coefficient (Wildman–Crippen LogP) is 2.72. The van der Waals surface area contributed by atoms with E-state index in [9.17, 15) is 0 Å². The second kappa shape index (κ2) is 9.53. The molecule has 1 atom stereocenters. The first-order valence-electron chi connectivity index (χ1n) is 9.25. The summed E-state index contributed by atoms with van der Waals surface area (Å²) in [4.78, 5) is 11.0. The van der Waals surface area contributed by atoms with Gasteiger partial charge in [0.05, 0.1) is 20.3 Å². The second-order valence-corrected chi connectivity index (χ2v) is 6.66. The average Bonchev–Trinajstić information content (AvgIpc) is 3.21. The lowest BCUT2D eigenvalue weighted by atomic mass is 10.1. The van der Waals surface area contributed by atoms with E-state index in [-0.39, 0.29) is 6.10 Å². The van der Waals surface area contributed by atoms with Crippen LogP contribution in [0.3, 0.4) is 0 Å². The Kier molecular flexibility index (Phi) is 6.84. The maximum atomic E-state index is 5.85. The number of methoxy groups -OCH3 is 2. The maximum Gasteiger partial charge on any atom is 0.222 e. The molecule has 27 heavy (non-hydrogen) atoms. The number of nitrogens with one attached hydrogen (secondary N) is 1. The van der Waals surface area contributed by atoms with E-state index < -0.39 is 0 Å². The monoisotopic (exact) mass is 372 g/mol. The molecule has 1 aliphatic heterocycles. The van der Waals surface area contributed by atoms with Crippen molar-refractivity contribution in [2.45, 2.75) is 32.0 Å². The van der Waals surface area contributed by atoms with Gasteiger partial charge in [0.25, 0.3) is 0 Å². The van der Waals surface area contributed by atoms with E-state index in [0.29, 0.717) is 5.95 Å². The third-order valence-electron chi connectivity index (χ3n) is 4.68. The molecule has 0 radical (unpaired) electrons. The molecule has 2 aromatic rings. The normalized spacial score (nSPS) is 16.5. The molecule has 3 rings (SSSR count). The van der Waals surface area contributed by atoms with Crippen molar-refractivity contribution in [1.29, 1.82) is 0 Å². The van der Waals surface area contributed by atoms with Crippen molar-refractivity contribution < 1.29 is 14.2 Å². The Morgan fingerprint density at radius 3 is 2.48 bits per heavy atom. The van der Waals surface area contributed by atoms with Gasteiger partial charge in [-0.1, -0.05) is 6.07 Å². The van der Waals surface area contributed by atoms with Crippen molar-refractivity contribution in [3.8, 4) is 11.5 Å². The minimum atomic E-state index is 0.280. The molecule has 7 heteroatoms. The molecule has 1 saturated heterocycles. The lowest BCUT2D eigenvalue weighted by Gasteiger charge is -2.25. The molecule has 146 valence electrons. The van der Waals surface area contributed by atoms with Crippen LogP contribution in [0, 0.1) is 0 Å². The van der Waals surface area contributed by atoms with Gasteiger partial charge in [-0.25, -0.2) is 9.97 Å². The lowest BCUT2D eigenvalue weighted by Crippen LogP contribution is -2.31. The number of hydrogen-bond acceptors (Lipinski definition) is 7. The van der Waals surface area contributed by atoms with Crippen LogP contribution >= 0.6 is 0 Å². The van der Waals surface area contributed by atoms with Gasteiger partial charge in [0, 0.05) is 51.2 Å². The van der Waals surface area contributed by atoms with E-state index in [4.69, 9.17) is 14.2 Å². The molecule has 1 N–H and O–H groups in total. The first kappa shape index (κ1) is 19.4. The standard InChI is InChI=1S/C20H28N4O3/c1-21-20-22-10-16(11-23-20)13-24(14-17-5-4-8-27-17)12-15-6-7-18(25-2)19(9-15)26-3/h6-7,9-11,17H,4-5,8,12-14H2,1-3H3,(H,21,22,23)/t17-/m1/s1. The molecular formula is C20H28N4O3. The van der Waals surface area contributed by atoms with Gasteiger partial charge in [-0.15, -0.1) is 0 Å². The number of nitrogens with zero attached hydrogens (tertiary/aromatic N) is 3. The quantitative estimate of drug-likeness (QED) is 0.726. The molecule has 2 heterocycles. The Balaban J connectivity index is 1.74. The molecule has 1 fully saturated rings. The minimum Gasteiger partial charge on any atom is -0.493 e. The lowest BCUT2D eigenvalue weighted by molar-refractivity contribution is 0.0678. The van der Waals surface area contributed by atoms with Crippen LogP contribution in [0.1, 0.15) is 24.0 Å². The van der Waals surface area contributed by atoms with Gasteiger partial charge < -0.3 is 19.5 Å². The Hall–Kier alpha value is -2.38. The van der Waals surface area contributed by atoms with Crippen LogP contribution in [-0.4, -0.2) is 55.4 Å². The zero-order valence-electron chi connectivity index (χ0n) is 16.3. The Bertz CT molecular complexity index is 718. The summed E-state index contributed by atoms with van der Waals surface area (Å²) in [6.07, 6.45) is 6.26. The number of ether oxygens (including phenoxy) is 3. The Morgan fingerprint density at radius 2 is 1.85 bits per heavy atom. The van der Waals surface area contributed by atoms with Gasteiger partial charge in [-0.05, 0) is 30.5 Å². The van der Waals surface area contributed by atoms with Crippen LogP contribution in [-0.2, 0) is 17.8 Å². The topological polar surface area (TPSA) is 68.7 Å². The van der Waals surface area contributed by atoms with E-state index in [2.05, 4.69) is 26.3 Å². The SMILES string of the molecule is CNc1ncc(CN(Cc2ccc(OC)c(OC)c2)C[C@H]2CCCO2)cn1.